The predicted molar refractivity (Wildman–Crippen MR) is 30.0 cm³/mol. The second kappa shape index (κ2) is 2.46. The average Bonchev–Trinajstić information content (AvgIpc) is 1.86. The maximum atomic E-state index is 10.2. The Bertz CT molecular complexity index is 161. The van der Waals surface area contributed by atoms with Crippen molar-refractivity contribution < 1.29 is 9.90 Å². The van der Waals surface area contributed by atoms with Crippen molar-refractivity contribution in [2.75, 3.05) is 0 Å². The van der Waals surface area contributed by atoms with Crippen LogP contribution in [0.25, 0.3) is 0 Å². The molecule has 3 N–H and O–H groups in total. The third-order valence-electron chi connectivity index (χ3n) is 1.10. The molecular formula is C5H8N2O2. The molecule has 4 nitrogen and oxygen atoms in total. The number of aliphatic hydroxyl groups is 1. The standard InChI is InChI=1S/C5H8N2O2/c1-2-5(9,3-6)4(7)8/h9H,2H2,1H3,(H2,7,8). The van der Waals surface area contributed by atoms with E-state index in [0.29, 0.717) is 0 Å². The highest BCUT2D eigenvalue weighted by Crippen LogP contribution is 2.05. The summed E-state index contributed by atoms with van der Waals surface area (Å²) in [6.07, 6.45) is 0.0266. The lowest BCUT2D eigenvalue weighted by atomic mass is 10.0. The van der Waals surface area contributed by atoms with Gasteiger partial charge in [0.2, 0.25) is 5.60 Å². The number of nitriles is 1. The molecule has 0 aromatic heterocycles. The van der Waals surface area contributed by atoms with Crippen LogP contribution in [0.15, 0.2) is 0 Å². The smallest absolute Gasteiger partial charge is 0.264 e. The van der Waals surface area contributed by atoms with E-state index in [1.54, 1.807) is 0 Å². The third kappa shape index (κ3) is 1.40. The van der Waals surface area contributed by atoms with Crippen LogP contribution in [-0.4, -0.2) is 16.6 Å². The van der Waals surface area contributed by atoms with Crippen molar-refractivity contribution in [1.82, 2.24) is 0 Å². The maximum Gasteiger partial charge on any atom is 0.264 e. The SMILES string of the molecule is CCC(O)(C#N)C(N)=O. The van der Waals surface area contributed by atoms with Crippen LogP contribution in [-0.2, 0) is 4.79 Å². The molecule has 50 valence electrons. The Morgan fingerprint density at radius 2 is 2.44 bits per heavy atom. The van der Waals surface area contributed by atoms with Crippen molar-refractivity contribution in [3.63, 3.8) is 0 Å². The second-order valence-corrected chi connectivity index (χ2v) is 1.69. The molecule has 1 amide bonds. The fraction of sp³-hybridized carbons (Fsp3) is 0.600. The predicted octanol–water partition coefficient (Wildman–Crippen LogP) is -0.864. The van der Waals surface area contributed by atoms with E-state index in [1.165, 1.54) is 13.0 Å². The molecular weight excluding hydrogens is 120 g/mol. The van der Waals surface area contributed by atoms with Crippen LogP contribution < -0.4 is 5.73 Å². The van der Waals surface area contributed by atoms with Crippen LogP contribution in [0, 0.1) is 11.3 Å². The molecule has 0 aliphatic carbocycles. The van der Waals surface area contributed by atoms with Gasteiger partial charge in [-0.2, -0.15) is 5.26 Å². The van der Waals surface area contributed by atoms with Crippen molar-refractivity contribution in [1.29, 1.82) is 5.26 Å². The van der Waals surface area contributed by atoms with Crippen LogP contribution in [0.4, 0.5) is 0 Å². The van der Waals surface area contributed by atoms with E-state index < -0.39 is 11.5 Å². The Hall–Kier alpha value is -1.08. The molecule has 0 bridgehead atoms. The number of nitrogens with zero attached hydrogens (tertiary/aromatic N) is 1. The van der Waals surface area contributed by atoms with Crippen molar-refractivity contribution in [2.45, 2.75) is 18.9 Å². The highest BCUT2D eigenvalue weighted by atomic mass is 16.3. The number of primary amides is 1. The van der Waals surface area contributed by atoms with E-state index in [-0.39, 0.29) is 6.42 Å². The Balaban J connectivity index is 4.33. The summed E-state index contributed by atoms with van der Waals surface area (Å²) in [6.45, 7) is 1.51. The Morgan fingerprint density at radius 1 is 2.00 bits per heavy atom. The quantitative estimate of drug-likeness (QED) is 0.474. The fourth-order valence-electron chi connectivity index (χ4n) is 0.308. The minimum Gasteiger partial charge on any atom is -0.368 e. The first-order valence-electron chi connectivity index (χ1n) is 2.50. The molecule has 0 aliphatic heterocycles. The summed E-state index contributed by atoms with van der Waals surface area (Å²) in [5, 5.41) is 17.0. The summed E-state index contributed by atoms with van der Waals surface area (Å²) < 4.78 is 0. The molecule has 0 rings (SSSR count). The molecule has 4 heteroatoms. The minimum absolute atomic E-state index is 0.0266. The van der Waals surface area contributed by atoms with Crippen LogP contribution in [0.3, 0.4) is 0 Å². The van der Waals surface area contributed by atoms with Crippen molar-refractivity contribution in [3.05, 3.63) is 0 Å². The Kier molecular flexibility index (Phi) is 2.17. The second-order valence-electron chi connectivity index (χ2n) is 1.69. The molecule has 0 heterocycles. The topological polar surface area (TPSA) is 87.1 Å². The zero-order valence-corrected chi connectivity index (χ0v) is 5.09. The lowest BCUT2D eigenvalue weighted by Crippen LogP contribution is -2.41. The fourth-order valence-corrected chi connectivity index (χ4v) is 0.308. The summed E-state index contributed by atoms with van der Waals surface area (Å²) in [5.41, 5.74) is 2.71. The van der Waals surface area contributed by atoms with E-state index in [0.717, 1.165) is 0 Å². The molecule has 0 fully saturated rings. The Labute approximate surface area is 52.9 Å². The summed E-state index contributed by atoms with van der Waals surface area (Å²) in [5.74, 6) is -0.993. The average molecular weight is 128 g/mol. The Morgan fingerprint density at radius 3 is 2.44 bits per heavy atom. The summed E-state index contributed by atoms with van der Waals surface area (Å²) >= 11 is 0. The van der Waals surface area contributed by atoms with E-state index in [9.17, 15) is 4.79 Å². The number of carbonyl (C=O) groups excluding carboxylic acids is 1. The van der Waals surface area contributed by atoms with Crippen LogP contribution in [0.1, 0.15) is 13.3 Å². The number of hydrogen-bond acceptors (Lipinski definition) is 3. The number of nitrogens with two attached hydrogens (primary N) is 1. The number of hydrogen-bond donors (Lipinski definition) is 2. The van der Waals surface area contributed by atoms with Crippen molar-refractivity contribution in [3.8, 4) is 6.07 Å². The molecule has 1 unspecified atom stereocenters. The van der Waals surface area contributed by atoms with Crippen LogP contribution in [0.5, 0.6) is 0 Å². The van der Waals surface area contributed by atoms with Gasteiger partial charge in [0.25, 0.3) is 5.91 Å². The van der Waals surface area contributed by atoms with Gasteiger partial charge in [-0.05, 0) is 6.42 Å². The molecule has 0 saturated carbocycles. The third-order valence-corrected chi connectivity index (χ3v) is 1.10. The number of rotatable bonds is 2. The van der Waals surface area contributed by atoms with E-state index >= 15 is 0 Å². The van der Waals surface area contributed by atoms with Gasteiger partial charge in [0.15, 0.2) is 0 Å². The zero-order valence-electron chi connectivity index (χ0n) is 5.09. The molecule has 0 aliphatic rings. The molecule has 0 radical (unpaired) electrons. The zero-order chi connectivity index (χ0) is 7.49. The minimum atomic E-state index is -1.97. The monoisotopic (exact) mass is 128 g/mol. The number of amides is 1. The molecule has 1 atom stereocenters. The van der Waals surface area contributed by atoms with Crippen molar-refractivity contribution >= 4 is 5.91 Å². The van der Waals surface area contributed by atoms with E-state index in [1.807, 2.05) is 0 Å². The van der Waals surface area contributed by atoms with Gasteiger partial charge in [0.1, 0.15) is 6.07 Å². The summed E-state index contributed by atoms with van der Waals surface area (Å²) in [4.78, 5) is 10.2. The molecule has 0 saturated heterocycles. The summed E-state index contributed by atoms with van der Waals surface area (Å²) in [7, 11) is 0. The van der Waals surface area contributed by atoms with Gasteiger partial charge in [-0.25, -0.2) is 0 Å². The van der Waals surface area contributed by atoms with Gasteiger partial charge < -0.3 is 10.8 Å². The first kappa shape index (κ1) is 7.92. The summed E-state index contributed by atoms with van der Waals surface area (Å²) in [6, 6.07) is 1.41. The van der Waals surface area contributed by atoms with Gasteiger partial charge in [0.05, 0.1) is 0 Å². The van der Waals surface area contributed by atoms with Crippen molar-refractivity contribution in [2.24, 2.45) is 5.73 Å². The van der Waals surface area contributed by atoms with E-state index in [4.69, 9.17) is 10.4 Å². The van der Waals surface area contributed by atoms with Gasteiger partial charge in [0, 0.05) is 0 Å². The molecule has 0 aromatic rings. The van der Waals surface area contributed by atoms with Gasteiger partial charge >= 0.3 is 0 Å². The van der Waals surface area contributed by atoms with Gasteiger partial charge in [-0.1, -0.05) is 6.92 Å². The lowest BCUT2D eigenvalue weighted by molar-refractivity contribution is -0.131. The van der Waals surface area contributed by atoms with Crippen LogP contribution >= 0.6 is 0 Å². The first-order chi connectivity index (χ1) is 4.06. The molecule has 0 spiro atoms. The van der Waals surface area contributed by atoms with Crippen LogP contribution in [0.2, 0.25) is 0 Å². The first-order valence-corrected chi connectivity index (χ1v) is 2.50. The molecule has 0 aromatic carbocycles. The van der Waals surface area contributed by atoms with Gasteiger partial charge in [-0.15, -0.1) is 0 Å². The van der Waals surface area contributed by atoms with Gasteiger partial charge in [-0.3, -0.25) is 4.79 Å². The maximum absolute atomic E-state index is 10.2. The van der Waals surface area contributed by atoms with E-state index in [2.05, 4.69) is 5.73 Å². The molecule has 9 heavy (non-hydrogen) atoms. The lowest BCUT2D eigenvalue weighted by Gasteiger charge is -2.11. The number of carbonyl (C=O) groups is 1. The highest BCUT2D eigenvalue weighted by molar-refractivity contribution is 5.86. The highest BCUT2D eigenvalue weighted by Gasteiger charge is 2.30. The normalized spacial score (nSPS) is 15.7. The largest absolute Gasteiger partial charge is 0.368 e.